The molecule has 1 saturated heterocycles. The summed E-state index contributed by atoms with van der Waals surface area (Å²) in [5.74, 6) is -0.0733. The second-order valence-corrected chi connectivity index (χ2v) is 8.90. The van der Waals surface area contributed by atoms with Crippen LogP contribution in [0.25, 0.3) is 0 Å². The summed E-state index contributed by atoms with van der Waals surface area (Å²) in [6.45, 7) is 7.32. The lowest BCUT2D eigenvalue weighted by Crippen LogP contribution is -2.39. The van der Waals surface area contributed by atoms with Gasteiger partial charge in [-0.15, -0.1) is 0 Å². The zero-order chi connectivity index (χ0) is 22.2. The standard InChI is InChI=1S/C24H27ClF3N3/c1-16(31-10-4-5-18-13-19(25)14-22(29)23(18)31)15-30-11-8-17(9-12-30)20-6-2-3-7-21(20)24(26,27)28/h2-3,6-7,13-14,17H,1,4-5,8-12,15,29H2. The smallest absolute Gasteiger partial charge is 0.397 e. The van der Waals surface area contributed by atoms with Crippen molar-refractivity contribution in [2.24, 2.45) is 0 Å². The fraction of sp³-hybridized carbons (Fsp3) is 0.417. The molecule has 2 aromatic carbocycles. The van der Waals surface area contributed by atoms with E-state index in [0.717, 1.165) is 49.4 Å². The molecule has 2 aliphatic rings. The van der Waals surface area contributed by atoms with E-state index in [1.165, 1.54) is 12.1 Å². The molecule has 4 rings (SSSR count). The van der Waals surface area contributed by atoms with Crippen molar-refractivity contribution in [2.75, 3.05) is 36.8 Å². The van der Waals surface area contributed by atoms with Gasteiger partial charge in [0.1, 0.15) is 0 Å². The number of rotatable bonds is 4. The van der Waals surface area contributed by atoms with E-state index in [2.05, 4.69) is 16.4 Å². The van der Waals surface area contributed by atoms with Gasteiger partial charge in [-0.25, -0.2) is 0 Å². The molecular formula is C24H27ClF3N3. The minimum absolute atomic E-state index is 0.0733. The zero-order valence-corrected chi connectivity index (χ0v) is 18.1. The Hall–Kier alpha value is -2.18. The number of nitrogens with zero attached hydrogens (tertiary/aromatic N) is 2. The first-order valence-corrected chi connectivity index (χ1v) is 11.0. The van der Waals surface area contributed by atoms with Gasteiger partial charge in [-0.2, -0.15) is 13.2 Å². The molecule has 2 aromatic rings. The van der Waals surface area contributed by atoms with Crippen molar-refractivity contribution in [3.63, 3.8) is 0 Å². The molecule has 2 aliphatic heterocycles. The number of alkyl halides is 3. The van der Waals surface area contributed by atoms with E-state index in [4.69, 9.17) is 17.3 Å². The Morgan fingerprint density at radius 1 is 1.13 bits per heavy atom. The molecular weight excluding hydrogens is 423 g/mol. The van der Waals surface area contributed by atoms with Crippen LogP contribution >= 0.6 is 11.6 Å². The number of hydrogen-bond acceptors (Lipinski definition) is 3. The summed E-state index contributed by atoms with van der Waals surface area (Å²) < 4.78 is 40.2. The summed E-state index contributed by atoms with van der Waals surface area (Å²) in [5.41, 5.74) is 9.93. The molecule has 7 heteroatoms. The zero-order valence-electron chi connectivity index (χ0n) is 17.4. The van der Waals surface area contributed by atoms with E-state index >= 15 is 0 Å². The second kappa shape index (κ2) is 8.75. The molecule has 31 heavy (non-hydrogen) atoms. The predicted octanol–water partition coefficient (Wildman–Crippen LogP) is 6.09. The monoisotopic (exact) mass is 449 g/mol. The molecule has 0 unspecified atom stereocenters. The van der Waals surface area contributed by atoms with Gasteiger partial charge >= 0.3 is 6.18 Å². The molecule has 0 saturated carbocycles. The summed E-state index contributed by atoms with van der Waals surface area (Å²) in [6.07, 6.45) is -0.966. The highest BCUT2D eigenvalue weighted by Crippen LogP contribution is 2.40. The first kappa shape index (κ1) is 22.0. The Morgan fingerprint density at radius 2 is 1.84 bits per heavy atom. The number of nitrogen functional groups attached to an aromatic ring is 1. The van der Waals surface area contributed by atoms with Crippen molar-refractivity contribution in [1.82, 2.24) is 4.90 Å². The van der Waals surface area contributed by atoms with Gasteiger partial charge in [0.2, 0.25) is 0 Å². The van der Waals surface area contributed by atoms with Gasteiger partial charge in [0.15, 0.2) is 0 Å². The number of piperidine rings is 1. The first-order valence-electron chi connectivity index (χ1n) is 10.7. The second-order valence-electron chi connectivity index (χ2n) is 8.46. The van der Waals surface area contributed by atoms with Crippen LogP contribution in [0.2, 0.25) is 5.02 Å². The highest BCUT2D eigenvalue weighted by Gasteiger charge is 2.35. The maximum absolute atomic E-state index is 13.4. The Bertz CT molecular complexity index is 965. The molecule has 0 amide bonds. The fourth-order valence-corrected chi connectivity index (χ4v) is 5.16. The fourth-order valence-electron chi connectivity index (χ4n) is 4.91. The maximum Gasteiger partial charge on any atom is 0.416 e. The van der Waals surface area contributed by atoms with Crippen LogP contribution in [0.5, 0.6) is 0 Å². The largest absolute Gasteiger partial charge is 0.416 e. The van der Waals surface area contributed by atoms with Crippen LogP contribution in [-0.4, -0.2) is 31.1 Å². The summed E-state index contributed by atoms with van der Waals surface area (Å²) in [4.78, 5) is 4.45. The van der Waals surface area contributed by atoms with Crippen molar-refractivity contribution in [2.45, 2.75) is 37.8 Å². The molecule has 0 spiro atoms. The first-order chi connectivity index (χ1) is 14.7. The average molecular weight is 450 g/mol. The molecule has 0 aromatic heterocycles. The SMILES string of the molecule is C=C(CN1CCC(c2ccccc2C(F)(F)F)CC1)N1CCCc2cc(Cl)cc(N)c21. The number of likely N-dealkylation sites (tertiary alicyclic amines) is 1. The minimum atomic E-state index is -4.31. The highest BCUT2D eigenvalue weighted by molar-refractivity contribution is 6.31. The van der Waals surface area contributed by atoms with Gasteiger partial charge in [-0.3, -0.25) is 4.90 Å². The van der Waals surface area contributed by atoms with Crippen LogP contribution in [0, 0.1) is 0 Å². The summed E-state index contributed by atoms with van der Waals surface area (Å²) >= 11 is 6.17. The average Bonchev–Trinajstić information content (AvgIpc) is 2.73. The van der Waals surface area contributed by atoms with E-state index < -0.39 is 11.7 Å². The molecule has 166 valence electrons. The Labute approximate surface area is 186 Å². The van der Waals surface area contributed by atoms with Crippen molar-refractivity contribution in [3.05, 3.63) is 70.4 Å². The normalized spacial score (nSPS) is 18.1. The number of anilines is 2. The summed E-state index contributed by atoms with van der Waals surface area (Å²) in [5, 5.41) is 0.643. The molecule has 3 nitrogen and oxygen atoms in total. The highest BCUT2D eigenvalue weighted by atomic mass is 35.5. The van der Waals surface area contributed by atoms with Crippen molar-refractivity contribution in [3.8, 4) is 0 Å². The lowest BCUT2D eigenvalue weighted by atomic mass is 9.86. The number of benzene rings is 2. The van der Waals surface area contributed by atoms with E-state index in [9.17, 15) is 13.2 Å². The number of nitrogens with two attached hydrogens (primary N) is 1. The van der Waals surface area contributed by atoms with Gasteiger partial charge in [0.05, 0.1) is 16.9 Å². The third-order valence-electron chi connectivity index (χ3n) is 6.36. The van der Waals surface area contributed by atoms with Gasteiger partial charge in [-0.1, -0.05) is 36.4 Å². The van der Waals surface area contributed by atoms with Crippen molar-refractivity contribution >= 4 is 23.0 Å². The van der Waals surface area contributed by atoms with E-state index in [1.54, 1.807) is 18.2 Å². The van der Waals surface area contributed by atoms with Crippen LogP contribution < -0.4 is 10.6 Å². The summed E-state index contributed by atoms with van der Waals surface area (Å²) in [6, 6.07) is 9.71. The minimum Gasteiger partial charge on any atom is -0.397 e. The third-order valence-corrected chi connectivity index (χ3v) is 6.58. The Morgan fingerprint density at radius 3 is 2.55 bits per heavy atom. The lowest BCUT2D eigenvalue weighted by molar-refractivity contribution is -0.138. The third kappa shape index (κ3) is 4.70. The number of fused-ring (bicyclic) bond motifs is 1. The number of aryl methyl sites for hydroxylation is 1. The van der Waals surface area contributed by atoms with Gasteiger partial charge < -0.3 is 10.6 Å². The summed E-state index contributed by atoms with van der Waals surface area (Å²) in [7, 11) is 0. The van der Waals surface area contributed by atoms with Gasteiger partial charge in [0.25, 0.3) is 0 Å². The van der Waals surface area contributed by atoms with Gasteiger partial charge in [0, 0.05) is 23.8 Å². The molecule has 2 heterocycles. The predicted molar refractivity (Wildman–Crippen MR) is 121 cm³/mol. The number of halogens is 4. The molecule has 0 atom stereocenters. The number of hydrogen-bond donors (Lipinski definition) is 1. The van der Waals surface area contributed by atoms with E-state index in [-0.39, 0.29) is 5.92 Å². The van der Waals surface area contributed by atoms with E-state index in [0.29, 0.717) is 35.7 Å². The Kier molecular flexibility index (Phi) is 6.22. The maximum atomic E-state index is 13.4. The van der Waals surface area contributed by atoms with Crippen LogP contribution in [0.1, 0.15) is 41.9 Å². The van der Waals surface area contributed by atoms with Crippen LogP contribution in [0.4, 0.5) is 24.5 Å². The van der Waals surface area contributed by atoms with Crippen molar-refractivity contribution in [1.29, 1.82) is 0 Å². The quantitative estimate of drug-likeness (QED) is 0.573. The topological polar surface area (TPSA) is 32.5 Å². The van der Waals surface area contributed by atoms with E-state index in [1.807, 2.05) is 6.07 Å². The molecule has 2 N–H and O–H groups in total. The van der Waals surface area contributed by atoms with Gasteiger partial charge in [-0.05, 0) is 74.0 Å². The molecule has 1 fully saturated rings. The lowest BCUT2D eigenvalue weighted by Gasteiger charge is -2.38. The van der Waals surface area contributed by atoms with Crippen LogP contribution in [0.3, 0.4) is 0 Å². The van der Waals surface area contributed by atoms with Crippen LogP contribution in [0.15, 0.2) is 48.7 Å². The molecule has 0 bridgehead atoms. The molecule has 0 radical (unpaired) electrons. The Balaban J connectivity index is 1.42. The molecule has 0 aliphatic carbocycles. The van der Waals surface area contributed by atoms with Crippen LogP contribution in [-0.2, 0) is 12.6 Å². The van der Waals surface area contributed by atoms with Crippen molar-refractivity contribution < 1.29 is 13.2 Å².